The standard InChI is InChI=1S/C18H25F2N3O4/c1-3-23(9-17(24)25)14-7-13(8-14)22-18(26)21-11(2)10-27-16-5-4-12(19)6-15(16)20/h4-6,11,13-14H,3,7-10H2,1-2H3,(H,24,25)(H2,21,22,26). The molecule has 1 fully saturated rings. The second kappa shape index (κ2) is 9.50. The second-order valence-corrected chi connectivity index (χ2v) is 6.68. The van der Waals surface area contributed by atoms with Crippen molar-refractivity contribution in [2.45, 2.75) is 44.8 Å². The summed E-state index contributed by atoms with van der Waals surface area (Å²) in [7, 11) is 0. The Morgan fingerprint density at radius 1 is 1.37 bits per heavy atom. The van der Waals surface area contributed by atoms with Crippen molar-refractivity contribution in [1.29, 1.82) is 0 Å². The highest BCUT2D eigenvalue weighted by atomic mass is 19.1. The highest BCUT2D eigenvalue weighted by Crippen LogP contribution is 2.25. The minimum Gasteiger partial charge on any atom is -0.488 e. The van der Waals surface area contributed by atoms with Crippen molar-refractivity contribution in [3.63, 3.8) is 0 Å². The molecule has 1 atom stereocenters. The lowest BCUT2D eigenvalue weighted by Gasteiger charge is -2.42. The molecular weight excluding hydrogens is 360 g/mol. The average molecular weight is 385 g/mol. The van der Waals surface area contributed by atoms with Crippen molar-refractivity contribution < 1.29 is 28.2 Å². The number of likely N-dealkylation sites (N-methyl/N-ethyl adjacent to an activating group) is 1. The summed E-state index contributed by atoms with van der Waals surface area (Å²) in [4.78, 5) is 24.7. The number of rotatable bonds is 9. The molecule has 1 aromatic rings. The molecule has 1 aliphatic rings. The number of carbonyl (C=O) groups excluding carboxylic acids is 1. The van der Waals surface area contributed by atoms with Crippen LogP contribution in [0.1, 0.15) is 26.7 Å². The van der Waals surface area contributed by atoms with Gasteiger partial charge in [-0.05, 0) is 38.4 Å². The number of carboxylic acid groups (broad SMARTS) is 1. The molecule has 2 amide bonds. The van der Waals surface area contributed by atoms with Crippen LogP contribution < -0.4 is 15.4 Å². The van der Waals surface area contributed by atoms with E-state index in [1.54, 1.807) is 6.92 Å². The third kappa shape index (κ3) is 6.35. The Balaban J connectivity index is 1.68. The molecule has 0 bridgehead atoms. The number of nitrogens with one attached hydrogen (secondary N) is 2. The summed E-state index contributed by atoms with van der Waals surface area (Å²) < 4.78 is 31.6. The molecule has 0 aliphatic heterocycles. The summed E-state index contributed by atoms with van der Waals surface area (Å²) in [5.74, 6) is -2.43. The molecule has 2 rings (SSSR count). The Kier molecular flexibility index (Phi) is 7.35. The van der Waals surface area contributed by atoms with E-state index in [9.17, 15) is 18.4 Å². The average Bonchev–Trinajstić information content (AvgIpc) is 2.55. The quantitative estimate of drug-likeness (QED) is 0.605. The Morgan fingerprint density at radius 3 is 2.67 bits per heavy atom. The zero-order chi connectivity index (χ0) is 20.0. The van der Waals surface area contributed by atoms with E-state index in [0.29, 0.717) is 19.4 Å². The lowest BCUT2D eigenvalue weighted by molar-refractivity contribution is -0.139. The number of benzene rings is 1. The first-order valence-electron chi connectivity index (χ1n) is 8.89. The summed E-state index contributed by atoms with van der Waals surface area (Å²) in [5, 5.41) is 14.4. The number of carbonyl (C=O) groups is 2. The van der Waals surface area contributed by atoms with Gasteiger partial charge >= 0.3 is 12.0 Å². The first-order valence-corrected chi connectivity index (χ1v) is 8.89. The highest BCUT2D eigenvalue weighted by Gasteiger charge is 2.34. The zero-order valence-corrected chi connectivity index (χ0v) is 15.4. The van der Waals surface area contributed by atoms with Gasteiger partial charge in [0.15, 0.2) is 11.6 Å². The SMILES string of the molecule is CCN(CC(=O)O)C1CC(NC(=O)NC(C)COc2ccc(F)cc2F)C1. The number of aliphatic carboxylic acids is 1. The van der Waals surface area contributed by atoms with Gasteiger partial charge in [-0.15, -0.1) is 0 Å². The van der Waals surface area contributed by atoms with Crippen molar-refractivity contribution >= 4 is 12.0 Å². The van der Waals surface area contributed by atoms with Gasteiger partial charge in [-0.2, -0.15) is 0 Å². The van der Waals surface area contributed by atoms with Gasteiger partial charge in [0.25, 0.3) is 0 Å². The van der Waals surface area contributed by atoms with Crippen LogP contribution in [0, 0.1) is 11.6 Å². The number of hydrogen-bond acceptors (Lipinski definition) is 4. The normalized spacial score (nSPS) is 19.9. The topological polar surface area (TPSA) is 90.9 Å². The molecule has 0 heterocycles. The number of halogens is 2. The van der Waals surface area contributed by atoms with Gasteiger partial charge in [0, 0.05) is 18.2 Å². The van der Waals surface area contributed by atoms with Crippen LogP contribution in [0.4, 0.5) is 13.6 Å². The zero-order valence-electron chi connectivity index (χ0n) is 15.4. The largest absolute Gasteiger partial charge is 0.488 e. The monoisotopic (exact) mass is 385 g/mol. The summed E-state index contributed by atoms with van der Waals surface area (Å²) >= 11 is 0. The molecule has 0 aromatic heterocycles. The van der Waals surface area contributed by atoms with Crippen molar-refractivity contribution in [2.24, 2.45) is 0 Å². The van der Waals surface area contributed by atoms with Crippen LogP contribution in [0.5, 0.6) is 5.75 Å². The molecule has 27 heavy (non-hydrogen) atoms. The molecule has 1 unspecified atom stereocenters. The number of carboxylic acids is 1. The first-order chi connectivity index (χ1) is 12.8. The molecule has 0 radical (unpaired) electrons. The van der Waals surface area contributed by atoms with Crippen LogP contribution in [0.25, 0.3) is 0 Å². The molecule has 150 valence electrons. The fourth-order valence-electron chi connectivity index (χ4n) is 2.98. The molecule has 3 N–H and O–H groups in total. The van der Waals surface area contributed by atoms with E-state index in [-0.39, 0.29) is 43.1 Å². The molecular formula is C18H25F2N3O4. The molecule has 0 saturated heterocycles. The highest BCUT2D eigenvalue weighted by molar-refractivity contribution is 5.74. The minimum absolute atomic E-state index is 0.00555. The van der Waals surface area contributed by atoms with E-state index in [1.165, 1.54) is 6.07 Å². The third-order valence-electron chi connectivity index (χ3n) is 4.47. The predicted molar refractivity (Wildman–Crippen MR) is 94.7 cm³/mol. The van der Waals surface area contributed by atoms with Crippen molar-refractivity contribution in [2.75, 3.05) is 19.7 Å². The van der Waals surface area contributed by atoms with Gasteiger partial charge in [-0.1, -0.05) is 6.92 Å². The van der Waals surface area contributed by atoms with Crippen LogP contribution in [0.15, 0.2) is 18.2 Å². The fourth-order valence-corrected chi connectivity index (χ4v) is 2.98. The number of urea groups is 1. The van der Waals surface area contributed by atoms with Crippen molar-refractivity contribution in [1.82, 2.24) is 15.5 Å². The van der Waals surface area contributed by atoms with Gasteiger partial charge in [-0.25, -0.2) is 13.6 Å². The molecule has 1 saturated carbocycles. The fraction of sp³-hybridized carbons (Fsp3) is 0.556. The minimum atomic E-state index is -0.864. The van der Waals surface area contributed by atoms with Crippen LogP contribution in [-0.4, -0.2) is 59.8 Å². The van der Waals surface area contributed by atoms with Gasteiger partial charge in [0.05, 0.1) is 12.6 Å². The lowest BCUT2D eigenvalue weighted by atomic mass is 9.85. The van der Waals surface area contributed by atoms with Crippen LogP contribution in [0.3, 0.4) is 0 Å². The number of amides is 2. The summed E-state index contributed by atoms with van der Waals surface area (Å²) in [6.07, 6.45) is 1.39. The van der Waals surface area contributed by atoms with Crippen LogP contribution in [0.2, 0.25) is 0 Å². The van der Waals surface area contributed by atoms with Gasteiger partial charge in [0.2, 0.25) is 0 Å². The Morgan fingerprint density at radius 2 is 2.07 bits per heavy atom. The predicted octanol–water partition coefficient (Wildman–Crippen LogP) is 1.97. The first kappa shape index (κ1) is 20.9. The molecule has 1 aromatic carbocycles. The molecule has 7 nitrogen and oxygen atoms in total. The Bertz CT molecular complexity index is 668. The number of ether oxygens (including phenoxy) is 1. The van der Waals surface area contributed by atoms with E-state index >= 15 is 0 Å². The molecule has 9 heteroatoms. The van der Waals surface area contributed by atoms with E-state index in [0.717, 1.165) is 12.1 Å². The maximum absolute atomic E-state index is 13.5. The van der Waals surface area contributed by atoms with Gasteiger partial charge in [0.1, 0.15) is 12.4 Å². The van der Waals surface area contributed by atoms with Crippen molar-refractivity contribution in [3.8, 4) is 5.75 Å². The Labute approximate surface area is 156 Å². The van der Waals surface area contributed by atoms with E-state index in [1.807, 2.05) is 11.8 Å². The van der Waals surface area contributed by atoms with Crippen LogP contribution in [-0.2, 0) is 4.79 Å². The smallest absolute Gasteiger partial charge is 0.317 e. The van der Waals surface area contributed by atoms with E-state index < -0.39 is 17.6 Å². The lowest BCUT2D eigenvalue weighted by Crippen LogP contribution is -2.57. The molecule has 0 spiro atoms. The summed E-state index contributed by atoms with van der Waals surface area (Å²) in [6.45, 7) is 4.28. The summed E-state index contributed by atoms with van der Waals surface area (Å²) in [5.41, 5.74) is 0. The summed E-state index contributed by atoms with van der Waals surface area (Å²) in [6, 6.07) is 2.42. The van der Waals surface area contributed by atoms with Gasteiger partial charge < -0.3 is 20.5 Å². The Hall–Kier alpha value is -2.42. The number of hydrogen-bond donors (Lipinski definition) is 3. The second-order valence-electron chi connectivity index (χ2n) is 6.68. The third-order valence-corrected chi connectivity index (χ3v) is 4.47. The van der Waals surface area contributed by atoms with E-state index in [2.05, 4.69) is 10.6 Å². The van der Waals surface area contributed by atoms with Crippen molar-refractivity contribution in [3.05, 3.63) is 29.8 Å². The number of nitrogens with zero attached hydrogens (tertiary/aromatic N) is 1. The van der Waals surface area contributed by atoms with E-state index in [4.69, 9.17) is 9.84 Å². The maximum atomic E-state index is 13.5. The molecule has 1 aliphatic carbocycles. The maximum Gasteiger partial charge on any atom is 0.317 e. The van der Waals surface area contributed by atoms with Gasteiger partial charge in [-0.3, -0.25) is 9.69 Å². The van der Waals surface area contributed by atoms with Crippen LogP contribution >= 0.6 is 0 Å².